The third-order valence-corrected chi connectivity index (χ3v) is 9.41. The molecule has 3 aromatic rings. The topological polar surface area (TPSA) is 115 Å². The van der Waals surface area contributed by atoms with Crippen LogP contribution in [0.3, 0.4) is 0 Å². The van der Waals surface area contributed by atoms with Gasteiger partial charge in [0.05, 0.1) is 34.9 Å². The van der Waals surface area contributed by atoms with E-state index in [0.717, 1.165) is 10.9 Å². The second-order valence-corrected chi connectivity index (χ2v) is 12.3. The fraction of sp³-hybridized carbons (Fsp3) is 0.267. The SMILES string of the molecule is COC(=O)C1=C(CN2CCN3C(=O)N(c4ccc(C(=O)O)cc4F)C[C@@H]3C2)NC(c2cccs2)=N[C@H]1c1ccc(F)cc1Br. The molecular weight excluding hydrogens is 660 g/mol. The smallest absolute Gasteiger partial charge is 0.338 e. The van der Waals surface area contributed by atoms with Gasteiger partial charge in [0, 0.05) is 42.9 Å². The van der Waals surface area contributed by atoms with Gasteiger partial charge in [-0.2, -0.15) is 0 Å². The van der Waals surface area contributed by atoms with Crippen molar-refractivity contribution in [2.45, 2.75) is 12.1 Å². The van der Waals surface area contributed by atoms with Gasteiger partial charge >= 0.3 is 18.0 Å². The summed E-state index contributed by atoms with van der Waals surface area (Å²) in [6.07, 6.45) is 0. The number of nitrogens with one attached hydrogen (secondary N) is 1. The lowest BCUT2D eigenvalue weighted by Crippen LogP contribution is -2.53. The predicted octanol–water partition coefficient (Wildman–Crippen LogP) is 4.63. The number of ether oxygens (including phenoxy) is 1. The third kappa shape index (κ3) is 5.60. The zero-order valence-electron chi connectivity index (χ0n) is 23.3. The van der Waals surface area contributed by atoms with Gasteiger partial charge < -0.3 is 20.1 Å². The summed E-state index contributed by atoms with van der Waals surface area (Å²) < 4.78 is 34.5. The minimum atomic E-state index is -1.26. The summed E-state index contributed by atoms with van der Waals surface area (Å²) in [6, 6.07) is 10.1. The monoisotopic (exact) mass is 685 g/mol. The van der Waals surface area contributed by atoms with E-state index in [-0.39, 0.29) is 35.4 Å². The molecule has 0 unspecified atom stereocenters. The van der Waals surface area contributed by atoms with Crippen molar-refractivity contribution in [3.05, 3.63) is 97.3 Å². The number of carboxylic acid groups (broad SMARTS) is 1. The highest BCUT2D eigenvalue weighted by molar-refractivity contribution is 9.10. The first-order valence-electron chi connectivity index (χ1n) is 13.6. The lowest BCUT2D eigenvalue weighted by atomic mass is 9.95. The molecule has 0 spiro atoms. The van der Waals surface area contributed by atoms with Crippen molar-refractivity contribution in [2.75, 3.05) is 44.7 Å². The quantitative estimate of drug-likeness (QED) is 0.349. The molecule has 2 amide bonds. The molecule has 2 aromatic carbocycles. The van der Waals surface area contributed by atoms with Crippen molar-refractivity contribution >= 4 is 56.8 Å². The van der Waals surface area contributed by atoms with E-state index in [0.29, 0.717) is 47.7 Å². The van der Waals surface area contributed by atoms with Gasteiger partial charge in [-0.1, -0.05) is 28.1 Å². The summed E-state index contributed by atoms with van der Waals surface area (Å²) in [4.78, 5) is 48.6. The molecule has 2 saturated heterocycles. The summed E-state index contributed by atoms with van der Waals surface area (Å²) in [5.74, 6) is -2.49. The van der Waals surface area contributed by atoms with E-state index in [4.69, 9.17) is 9.73 Å². The molecule has 0 aliphatic carbocycles. The number of benzene rings is 2. The number of methoxy groups -OCH3 is 1. The Balaban J connectivity index is 1.29. The lowest BCUT2D eigenvalue weighted by Gasteiger charge is -2.38. The summed E-state index contributed by atoms with van der Waals surface area (Å²) in [6.45, 7) is 1.79. The number of aromatic carboxylic acids is 1. The van der Waals surface area contributed by atoms with Crippen molar-refractivity contribution in [1.29, 1.82) is 0 Å². The van der Waals surface area contributed by atoms with Crippen LogP contribution >= 0.6 is 27.3 Å². The zero-order valence-corrected chi connectivity index (χ0v) is 25.7. The predicted molar refractivity (Wildman–Crippen MR) is 163 cm³/mol. The van der Waals surface area contributed by atoms with E-state index in [1.54, 1.807) is 11.0 Å². The minimum Gasteiger partial charge on any atom is -0.478 e. The molecular formula is C30H26BrF2N5O5S. The number of halogens is 3. The number of hydrogen-bond donors (Lipinski definition) is 2. The van der Waals surface area contributed by atoms with Gasteiger partial charge in [0.2, 0.25) is 0 Å². The maximum atomic E-state index is 14.9. The van der Waals surface area contributed by atoms with Crippen LogP contribution in [0.5, 0.6) is 0 Å². The molecule has 3 aliphatic rings. The minimum absolute atomic E-state index is 0.0232. The highest BCUT2D eigenvalue weighted by Gasteiger charge is 2.43. The van der Waals surface area contributed by atoms with Crippen LogP contribution in [0.15, 0.2) is 74.6 Å². The number of anilines is 1. The average molecular weight is 687 g/mol. The summed E-state index contributed by atoms with van der Waals surface area (Å²) in [5, 5.41) is 14.4. The molecule has 2 fully saturated rings. The Labute approximate surface area is 263 Å². The van der Waals surface area contributed by atoms with Gasteiger partial charge in [-0.3, -0.25) is 14.8 Å². The highest BCUT2D eigenvalue weighted by atomic mass is 79.9. The van der Waals surface area contributed by atoms with E-state index in [1.807, 2.05) is 17.5 Å². The number of fused-ring (bicyclic) bond motifs is 1. The van der Waals surface area contributed by atoms with Crippen LogP contribution in [-0.2, 0) is 9.53 Å². The number of rotatable bonds is 7. The number of esters is 1. The zero-order chi connectivity index (χ0) is 31.1. The van der Waals surface area contributed by atoms with Crippen LogP contribution in [-0.4, -0.2) is 84.6 Å². The number of carbonyl (C=O) groups is 3. The summed E-state index contributed by atoms with van der Waals surface area (Å²) >= 11 is 4.92. The van der Waals surface area contributed by atoms with Gasteiger partial charge in [0.25, 0.3) is 0 Å². The molecule has 14 heteroatoms. The normalized spacial score (nSPS) is 20.4. The first kappa shape index (κ1) is 29.9. The van der Waals surface area contributed by atoms with E-state index in [2.05, 4.69) is 26.1 Å². The highest BCUT2D eigenvalue weighted by Crippen LogP contribution is 2.37. The molecule has 0 saturated carbocycles. The van der Waals surface area contributed by atoms with Crippen molar-refractivity contribution in [2.24, 2.45) is 4.99 Å². The van der Waals surface area contributed by atoms with E-state index < -0.39 is 29.6 Å². The number of carboxylic acids is 1. The first-order valence-corrected chi connectivity index (χ1v) is 15.3. The molecule has 0 bridgehead atoms. The summed E-state index contributed by atoms with van der Waals surface area (Å²) in [7, 11) is 1.29. The van der Waals surface area contributed by atoms with Gasteiger partial charge in [-0.25, -0.2) is 23.2 Å². The number of urea groups is 1. The second kappa shape index (κ2) is 12.1. The fourth-order valence-corrected chi connectivity index (χ4v) is 7.00. The second-order valence-electron chi connectivity index (χ2n) is 10.5. The van der Waals surface area contributed by atoms with Crippen LogP contribution in [0, 0.1) is 11.6 Å². The number of aliphatic imine (C=N–C) groups is 1. The molecule has 2 atom stereocenters. The maximum absolute atomic E-state index is 14.9. The van der Waals surface area contributed by atoms with Gasteiger partial charge in [-0.05, 0) is 47.3 Å². The number of amides is 2. The first-order chi connectivity index (χ1) is 21.1. The van der Waals surface area contributed by atoms with Crippen LogP contribution in [0.25, 0.3) is 0 Å². The number of nitrogens with zero attached hydrogens (tertiary/aromatic N) is 4. The molecule has 4 heterocycles. The van der Waals surface area contributed by atoms with Crippen LogP contribution in [0.4, 0.5) is 19.3 Å². The molecule has 44 heavy (non-hydrogen) atoms. The van der Waals surface area contributed by atoms with Gasteiger partial charge in [-0.15, -0.1) is 11.3 Å². The number of piperazine rings is 1. The fourth-order valence-electron chi connectivity index (χ4n) is 5.76. The molecule has 0 radical (unpaired) electrons. The molecule has 2 N–H and O–H groups in total. The van der Waals surface area contributed by atoms with Gasteiger partial charge in [0.15, 0.2) is 0 Å². The Bertz CT molecular complexity index is 1720. The Morgan fingerprint density at radius 1 is 1.16 bits per heavy atom. The van der Waals surface area contributed by atoms with Gasteiger partial charge in [0.1, 0.15) is 23.5 Å². The van der Waals surface area contributed by atoms with E-state index in [9.17, 15) is 28.3 Å². The third-order valence-electron chi connectivity index (χ3n) is 7.85. The number of thiophene rings is 1. The van der Waals surface area contributed by atoms with Crippen LogP contribution in [0.1, 0.15) is 26.8 Å². The Morgan fingerprint density at radius 3 is 2.66 bits per heavy atom. The number of hydrogen-bond acceptors (Lipinski definition) is 8. The van der Waals surface area contributed by atoms with E-state index in [1.165, 1.54) is 47.6 Å². The average Bonchev–Trinajstić information content (AvgIpc) is 3.65. The molecule has 228 valence electrons. The van der Waals surface area contributed by atoms with Crippen molar-refractivity contribution in [3.63, 3.8) is 0 Å². The van der Waals surface area contributed by atoms with Crippen molar-refractivity contribution in [3.8, 4) is 0 Å². The molecule has 3 aliphatic heterocycles. The molecule has 10 nitrogen and oxygen atoms in total. The van der Waals surface area contributed by atoms with Crippen molar-refractivity contribution < 1.29 is 33.0 Å². The van der Waals surface area contributed by atoms with E-state index >= 15 is 0 Å². The molecule has 1 aromatic heterocycles. The van der Waals surface area contributed by atoms with Crippen LogP contribution in [0.2, 0.25) is 0 Å². The molecule has 6 rings (SSSR count). The summed E-state index contributed by atoms with van der Waals surface area (Å²) in [5.41, 5.74) is 1.27. The largest absolute Gasteiger partial charge is 0.478 e. The van der Waals surface area contributed by atoms with Crippen molar-refractivity contribution in [1.82, 2.24) is 15.1 Å². The number of carbonyl (C=O) groups excluding carboxylic acids is 2. The Kier molecular flexibility index (Phi) is 8.22. The lowest BCUT2D eigenvalue weighted by molar-refractivity contribution is -0.136. The maximum Gasteiger partial charge on any atom is 0.338 e. The number of amidine groups is 1. The van der Waals surface area contributed by atoms with Crippen LogP contribution < -0.4 is 10.2 Å². The Morgan fingerprint density at radius 2 is 1.98 bits per heavy atom. The Hall–Kier alpha value is -4.14. The standard InChI is InChI=1S/C30H26BrF2N5O5S/c1-43-29(41)25-22(34-27(24-3-2-10-44-24)35-26(25)19-6-5-17(32)12-20(19)31)15-36-8-9-37-18(13-36)14-38(30(37)42)23-7-4-16(28(39)40)11-21(23)33/h2-7,10-12,18,26H,8-9,13-15H2,1H3,(H,34,35)(H,39,40)/t18-,26-/m0/s1.